The van der Waals surface area contributed by atoms with Gasteiger partial charge in [0, 0.05) is 33.2 Å². The predicted molar refractivity (Wildman–Crippen MR) is 86.7 cm³/mol. The summed E-state index contributed by atoms with van der Waals surface area (Å²) in [5.74, 6) is -1.72. The van der Waals surface area contributed by atoms with Gasteiger partial charge in [-0.25, -0.2) is 4.39 Å². The van der Waals surface area contributed by atoms with Crippen LogP contribution in [0.1, 0.15) is 10.4 Å². The Balaban J connectivity index is 0.00000288. The number of nitro benzene ring substituents is 1. The van der Waals surface area contributed by atoms with Crippen LogP contribution in [0.25, 0.3) is 0 Å². The van der Waals surface area contributed by atoms with Gasteiger partial charge >= 0.3 is 0 Å². The molecule has 0 aromatic heterocycles. The van der Waals surface area contributed by atoms with Crippen LogP contribution in [-0.4, -0.2) is 66.3 Å². The SMILES string of the molecule is CN(CC(=O)N1CCNCC1)C(=O)c1ccc(F)cc1[N+](=O)[O-].Cl. The molecule has 1 aromatic carbocycles. The highest BCUT2D eigenvalue weighted by molar-refractivity contribution is 5.99. The summed E-state index contributed by atoms with van der Waals surface area (Å²) >= 11 is 0. The number of hydrogen-bond donors (Lipinski definition) is 1. The van der Waals surface area contributed by atoms with Gasteiger partial charge in [-0.2, -0.15) is 0 Å². The van der Waals surface area contributed by atoms with Crippen molar-refractivity contribution in [2.24, 2.45) is 0 Å². The van der Waals surface area contributed by atoms with Crippen molar-refractivity contribution in [3.63, 3.8) is 0 Å². The minimum atomic E-state index is -0.817. The molecule has 1 aliphatic heterocycles. The number of hydrogen-bond acceptors (Lipinski definition) is 5. The molecule has 0 unspecified atom stereocenters. The van der Waals surface area contributed by atoms with E-state index in [-0.39, 0.29) is 30.4 Å². The Kier molecular flexibility index (Phi) is 7.05. The second-order valence-corrected chi connectivity index (χ2v) is 5.21. The number of carbonyl (C=O) groups excluding carboxylic acids is 2. The fourth-order valence-electron chi connectivity index (χ4n) is 2.33. The first kappa shape index (κ1) is 19.8. The fraction of sp³-hybridized carbons (Fsp3) is 0.429. The number of nitrogens with one attached hydrogen (secondary N) is 1. The quantitative estimate of drug-likeness (QED) is 0.628. The maximum absolute atomic E-state index is 13.1. The number of rotatable bonds is 4. The molecule has 2 rings (SSSR count). The molecule has 132 valence electrons. The van der Waals surface area contributed by atoms with Crippen molar-refractivity contribution in [3.8, 4) is 0 Å². The summed E-state index contributed by atoms with van der Waals surface area (Å²) < 4.78 is 13.1. The van der Waals surface area contributed by atoms with Crippen LogP contribution in [0.15, 0.2) is 18.2 Å². The van der Waals surface area contributed by atoms with Gasteiger partial charge in [-0.05, 0) is 12.1 Å². The molecule has 2 amide bonds. The highest BCUT2D eigenvalue weighted by Gasteiger charge is 2.26. The molecule has 0 aliphatic carbocycles. The summed E-state index contributed by atoms with van der Waals surface area (Å²) in [6, 6.07) is 2.73. The molecular formula is C14H18ClFN4O4. The van der Waals surface area contributed by atoms with E-state index >= 15 is 0 Å². The average Bonchev–Trinajstić information content (AvgIpc) is 2.54. The lowest BCUT2D eigenvalue weighted by atomic mass is 10.1. The lowest BCUT2D eigenvalue weighted by molar-refractivity contribution is -0.385. The summed E-state index contributed by atoms with van der Waals surface area (Å²) in [6.45, 7) is 2.29. The van der Waals surface area contributed by atoms with Crippen molar-refractivity contribution in [1.29, 1.82) is 0 Å². The third-order valence-electron chi connectivity index (χ3n) is 3.58. The summed E-state index contributed by atoms with van der Waals surface area (Å²) in [4.78, 5) is 37.3. The molecule has 1 aromatic rings. The smallest absolute Gasteiger partial charge is 0.285 e. The zero-order valence-corrected chi connectivity index (χ0v) is 13.8. The number of carbonyl (C=O) groups is 2. The number of piperazine rings is 1. The maximum Gasteiger partial charge on any atom is 0.285 e. The molecule has 8 nitrogen and oxygen atoms in total. The molecule has 1 fully saturated rings. The predicted octanol–water partition coefficient (Wildman–Crippen LogP) is 0.660. The topological polar surface area (TPSA) is 95.8 Å². The summed E-state index contributed by atoms with van der Waals surface area (Å²) in [5.41, 5.74) is -0.858. The molecule has 10 heteroatoms. The lowest BCUT2D eigenvalue weighted by Crippen LogP contribution is -2.49. The van der Waals surface area contributed by atoms with E-state index < -0.39 is 22.3 Å². The van der Waals surface area contributed by atoms with Crippen LogP contribution in [0.2, 0.25) is 0 Å². The standard InChI is InChI=1S/C14H17FN4O4.ClH/c1-17(9-13(20)18-6-4-16-5-7-18)14(21)11-3-2-10(15)8-12(11)19(22)23;/h2-3,8,16H,4-7,9H2,1H3;1H. The van der Waals surface area contributed by atoms with E-state index in [4.69, 9.17) is 0 Å². The summed E-state index contributed by atoms with van der Waals surface area (Å²) in [5, 5.41) is 14.1. The van der Waals surface area contributed by atoms with Crippen molar-refractivity contribution < 1.29 is 18.9 Å². The number of amides is 2. The van der Waals surface area contributed by atoms with E-state index in [1.54, 1.807) is 4.90 Å². The molecule has 1 heterocycles. The Hall–Kier alpha value is -2.26. The van der Waals surface area contributed by atoms with E-state index in [0.717, 1.165) is 17.0 Å². The second kappa shape index (κ2) is 8.55. The maximum atomic E-state index is 13.1. The second-order valence-electron chi connectivity index (χ2n) is 5.21. The van der Waals surface area contributed by atoms with Gasteiger partial charge in [-0.1, -0.05) is 0 Å². The van der Waals surface area contributed by atoms with Crippen molar-refractivity contribution in [1.82, 2.24) is 15.1 Å². The highest BCUT2D eigenvalue weighted by Crippen LogP contribution is 2.21. The first-order valence-electron chi connectivity index (χ1n) is 7.08. The van der Waals surface area contributed by atoms with Gasteiger partial charge in [0.15, 0.2) is 0 Å². The van der Waals surface area contributed by atoms with Crippen LogP contribution in [0.3, 0.4) is 0 Å². The fourth-order valence-corrected chi connectivity index (χ4v) is 2.33. The molecule has 1 N–H and O–H groups in total. The first-order chi connectivity index (χ1) is 10.9. The zero-order valence-electron chi connectivity index (χ0n) is 13.0. The summed E-state index contributed by atoms with van der Waals surface area (Å²) in [7, 11) is 1.38. The van der Waals surface area contributed by atoms with Crippen LogP contribution in [-0.2, 0) is 4.79 Å². The van der Waals surface area contributed by atoms with Crippen LogP contribution >= 0.6 is 12.4 Å². The van der Waals surface area contributed by atoms with Crippen molar-refractivity contribution in [2.75, 3.05) is 39.8 Å². The van der Waals surface area contributed by atoms with Gasteiger partial charge in [0.2, 0.25) is 5.91 Å². The van der Waals surface area contributed by atoms with E-state index in [1.165, 1.54) is 7.05 Å². The van der Waals surface area contributed by atoms with Gasteiger partial charge in [-0.15, -0.1) is 12.4 Å². The Morgan fingerprint density at radius 2 is 2.00 bits per heavy atom. The van der Waals surface area contributed by atoms with E-state index in [9.17, 15) is 24.1 Å². The first-order valence-corrected chi connectivity index (χ1v) is 7.08. The molecule has 0 saturated carbocycles. The zero-order chi connectivity index (χ0) is 17.0. The summed E-state index contributed by atoms with van der Waals surface area (Å²) in [6.07, 6.45) is 0. The third-order valence-corrected chi connectivity index (χ3v) is 3.58. The molecule has 0 spiro atoms. The Bertz CT molecular complexity index is 637. The molecule has 1 saturated heterocycles. The van der Waals surface area contributed by atoms with Crippen LogP contribution in [0, 0.1) is 15.9 Å². The molecule has 0 atom stereocenters. The molecular weight excluding hydrogens is 343 g/mol. The van der Waals surface area contributed by atoms with Gasteiger partial charge in [0.25, 0.3) is 11.6 Å². The van der Waals surface area contributed by atoms with E-state index in [0.29, 0.717) is 32.2 Å². The van der Waals surface area contributed by atoms with Crippen LogP contribution in [0.4, 0.5) is 10.1 Å². The van der Waals surface area contributed by atoms with Crippen molar-refractivity contribution >= 4 is 29.9 Å². The van der Waals surface area contributed by atoms with E-state index in [1.807, 2.05) is 0 Å². The Morgan fingerprint density at radius 3 is 2.58 bits per heavy atom. The number of benzene rings is 1. The number of halogens is 2. The van der Waals surface area contributed by atoms with Gasteiger partial charge < -0.3 is 15.1 Å². The molecule has 0 radical (unpaired) electrons. The number of nitro groups is 1. The van der Waals surface area contributed by atoms with Crippen molar-refractivity contribution in [2.45, 2.75) is 0 Å². The normalized spacial score (nSPS) is 13.8. The minimum absolute atomic E-state index is 0. The Labute approximate surface area is 144 Å². The van der Waals surface area contributed by atoms with E-state index in [2.05, 4.69) is 5.32 Å². The van der Waals surface area contributed by atoms with Gasteiger partial charge in [0.1, 0.15) is 11.4 Å². The minimum Gasteiger partial charge on any atom is -0.339 e. The monoisotopic (exact) mass is 360 g/mol. The highest BCUT2D eigenvalue weighted by atomic mass is 35.5. The van der Waals surface area contributed by atoms with Crippen molar-refractivity contribution in [3.05, 3.63) is 39.7 Å². The average molecular weight is 361 g/mol. The Morgan fingerprint density at radius 1 is 1.38 bits per heavy atom. The lowest BCUT2D eigenvalue weighted by Gasteiger charge is -2.29. The van der Waals surface area contributed by atoms with Crippen LogP contribution < -0.4 is 5.32 Å². The van der Waals surface area contributed by atoms with Crippen LogP contribution in [0.5, 0.6) is 0 Å². The van der Waals surface area contributed by atoms with Gasteiger partial charge in [0.05, 0.1) is 17.5 Å². The third kappa shape index (κ3) is 4.62. The van der Waals surface area contributed by atoms with Gasteiger partial charge in [-0.3, -0.25) is 19.7 Å². The number of nitrogens with zero attached hydrogens (tertiary/aromatic N) is 3. The largest absolute Gasteiger partial charge is 0.339 e. The molecule has 0 bridgehead atoms. The molecule has 1 aliphatic rings. The molecule has 24 heavy (non-hydrogen) atoms. The number of likely N-dealkylation sites (N-methyl/N-ethyl adjacent to an activating group) is 1.